The number of alkyl carbamates (subject to hydrolysis) is 1. The molecule has 0 saturated carbocycles. The Morgan fingerprint density at radius 2 is 1.45 bits per heavy atom. The quantitative estimate of drug-likeness (QED) is 0.338. The van der Waals surface area contributed by atoms with Crippen LogP contribution in [0.3, 0.4) is 0 Å². The van der Waals surface area contributed by atoms with Crippen molar-refractivity contribution in [2.24, 2.45) is 0 Å². The van der Waals surface area contributed by atoms with Crippen LogP contribution in [-0.4, -0.2) is 75.8 Å². The Kier molecular flexibility index (Phi) is 8.75. The van der Waals surface area contributed by atoms with E-state index in [-0.39, 0.29) is 13.0 Å². The minimum absolute atomic E-state index is 0.0139. The summed E-state index contributed by atoms with van der Waals surface area (Å²) in [5, 5.41) is 41.4. The lowest BCUT2D eigenvalue weighted by Crippen LogP contribution is -2.59. The van der Waals surface area contributed by atoms with E-state index in [0.717, 1.165) is 11.1 Å². The minimum Gasteiger partial charge on any atom is -0.461 e. The molecule has 1 aliphatic heterocycles. The second-order valence-corrected chi connectivity index (χ2v) is 7.62. The number of hydrogen-bond donors (Lipinski definition) is 5. The monoisotopic (exact) mass is 461 g/mol. The van der Waals surface area contributed by atoms with Crippen molar-refractivity contribution in [2.45, 2.75) is 49.8 Å². The molecule has 0 bridgehead atoms. The van der Waals surface area contributed by atoms with Crippen molar-refractivity contribution in [1.82, 2.24) is 5.32 Å². The number of nitrogens with one attached hydrogen (secondary N) is 1. The summed E-state index contributed by atoms with van der Waals surface area (Å²) in [7, 11) is 0. The average Bonchev–Trinajstić information content (AvgIpc) is 2.83. The third-order valence-corrected chi connectivity index (χ3v) is 5.15. The predicted molar refractivity (Wildman–Crippen MR) is 114 cm³/mol. The van der Waals surface area contributed by atoms with Crippen molar-refractivity contribution < 1.29 is 44.2 Å². The lowest BCUT2D eigenvalue weighted by molar-refractivity contribution is -0.287. The van der Waals surface area contributed by atoms with Gasteiger partial charge in [0.2, 0.25) is 0 Å². The molecular weight excluding hydrogens is 434 g/mol. The number of aliphatic hydroxyl groups excluding tert-OH is 4. The highest BCUT2D eigenvalue weighted by Crippen LogP contribution is 2.20. The van der Waals surface area contributed by atoms with Gasteiger partial charge in [-0.05, 0) is 11.1 Å². The van der Waals surface area contributed by atoms with Gasteiger partial charge in [0.05, 0.1) is 0 Å². The summed E-state index contributed by atoms with van der Waals surface area (Å²) in [6.45, 7) is -0.507. The van der Waals surface area contributed by atoms with Crippen LogP contribution in [0.2, 0.25) is 0 Å². The number of esters is 1. The molecular formula is C23H27NO9. The van der Waals surface area contributed by atoms with Gasteiger partial charge in [0.15, 0.2) is 6.29 Å². The second kappa shape index (κ2) is 11.7. The van der Waals surface area contributed by atoms with Crippen LogP contribution in [0.25, 0.3) is 0 Å². The normalized spacial score (nSPS) is 25.6. The highest BCUT2D eigenvalue weighted by Gasteiger charge is 2.43. The van der Waals surface area contributed by atoms with E-state index in [9.17, 15) is 30.0 Å². The molecule has 1 fully saturated rings. The van der Waals surface area contributed by atoms with E-state index >= 15 is 0 Å². The Hall–Kier alpha value is -3.02. The van der Waals surface area contributed by atoms with Gasteiger partial charge in [-0.25, -0.2) is 9.59 Å². The summed E-state index contributed by atoms with van der Waals surface area (Å²) in [5.41, 5.74) is 1.53. The first-order valence-electron chi connectivity index (χ1n) is 10.4. The molecule has 1 aliphatic rings. The first-order valence-corrected chi connectivity index (χ1v) is 10.4. The van der Waals surface area contributed by atoms with Crippen molar-refractivity contribution in [2.75, 3.05) is 6.61 Å². The maximum Gasteiger partial charge on any atom is 0.408 e. The molecule has 0 radical (unpaired) electrons. The van der Waals surface area contributed by atoms with E-state index in [4.69, 9.17) is 14.2 Å². The molecule has 2 aromatic rings. The standard InChI is InChI=1S/C23H27NO9/c25-18-17(33-22(29)20(27)19(18)26)13-31-21(28)16(11-14-7-3-1-4-8-14)24-23(30)32-12-15-9-5-2-6-10-15/h1-10,16-20,22,25-27,29H,11-13H2,(H,24,30)/t16-,17-,18-,19+,20+,22-/m1/s1. The molecule has 0 aromatic heterocycles. The van der Waals surface area contributed by atoms with Crippen molar-refractivity contribution in [3.05, 3.63) is 71.8 Å². The van der Waals surface area contributed by atoms with Crippen LogP contribution < -0.4 is 5.32 Å². The SMILES string of the molecule is O=C(N[C@H](Cc1ccccc1)C(=O)OC[C@H]1O[C@@H](O)[C@@H](O)[C@@H](O)[C@@H]1O)OCc1ccccc1. The number of ether oxygens (including phenoxy) is 3. The zero-order valence-electron chi connectivity index (χ0n) is 17.7. The van der Waals surface area contributed by atoms with Gasteiger partial charge >= 0.3 is 12.1 Å². The Balaban J connectivity index is 1.60. The summed E-state index contributed by atoms with van der Waals surface area (Å²) >= 11 is 0. The summed E-state index contributed by atoms with van der Waals surface area (Å²) in [5.74, 6) is -0.832. The zero-order valence-corrected chi connectivity index (χ0v) is 17.7. The number of hydrogen-bond acceptors (Lipinski definition) is 9. The maximum absolute atomic E-state index is 12.7. The van der Waals surface area contributed by atoms with Gasteiger partial charge in [0, 0.05) is 6.42 Å². The predicted octanol–water partition coefficient (Wildman–Crippen LogP) is -0.133. The minimum atomic E-state index is -1.75. The van der Waals surface area contributed by atoms with E-state index in [1.165, 1.54) is 0 Å². The fourth-order valence-corrected chi connectivity index (χ4v) is 3.28. The molecule has 178 valence electrons. The Morgan fingerprint density at radius 1 is 0.848 bits per heavy atom. The molecule has 0 aliphatic carbocycles. The van der Waals surface area contributed by atoms with E-state index in [1.54, 1.807) is 48.5 Å². The maximum atomic E-state index is 12.7. The number of carbonyl (C=O) groups is 2. The molecule has 5 N–H and O–H groups in total. The van der Waals surface area contributed by atoms with Gasteiger partial charge in [-0.1, -0.05) is 60.7 Å². The molecule has 1 heterocycles. The van der Waals surface area contributed by atoms with Gasteiger partial charge in [-0.2, -0.15) is 0 Å². The molecule has 1 saturated heterocycles. The lowest BCUT2D eigenvalue weighted by atomic mass is 9.99. The fourth-order valence-electron chi connectivity index (χ4n) is 3.28. The van der Waals surface area contributed by atoms with Crippen molar-refractivity contribution in [3.8, 4) is 0 Å². The van der Waals surface area contributed by atoms with Gasteiger partial charge in [0.25, 0.3) is 0 Å². The Bertz CT molecular complexity index is 895. The number of carbonyl (C=O) groups excluding carboxylic acids is 2. The largest absolute Gasteiger partial charge is 0.461 e. The van der Waals surface area contributed by atoms with Gasteiger partial charge < -0.3 is 40.0 Å². The molecule has 2 aromatic carbocycles. The summed E-state index contributed by atoms with van der Waals surface area (Å²) in [6.07, 6.45) is -8.70. The molecule has 10 heteroatoms. The number of rotatable bonds is 8. The van der Waals surface area contributed by atoms with Crippen molar-refractivity contribution in [3.63, 3.8) is 0 Å². The number of amides is 1. The molecule has 3 rings (SSSR count). The number of benzene rings is 2. The lowest BCUT2D eigenvalue weighted by Gasteiger charge is -2.38. The Morgan fingerprint density at radius 3 is 2.09 bits per heavy atom. The highest BCUT2D eigenvalue weighted by atomic mass is 16.7. The second-order valence-electron chi connectivity index (χ2n) is 7.62. The molecule has 0 spiro atoms. The summed E-state index contributed by atoms with van der Waals surface area (Å²) in [6, 6.07) is 16.8. The van der Waals surface area contributed by atoms with Crippen LogP contribution in [0.15, 0.2) is 60.7 Å². The third-order valence-electron chi connectivity index (χ3n) is 5.15. The van der Waals surface area contributed by atoms with Crippen LogP contribution in [0.5, 0.6) is 0 Å². The molecule has 0 unspecified atom stereocenters. The molecule has 33 heavy (non-hydrogen) atoms. The van der Waals surface area contributed by atoms with Gasteiger partial charge in [-0.15, -0.1) is 0 Å². The smallest absolute Gasteiger partial charge is 0.408 e. The van der Waals surface area contributed by atoms with Gasteiger partial charge in [-0.3, -0.25) is 0 Å². The molecule has 6 atom stereocenters. The fraction of sp³-hybridized carbons (Fsp3) is 0.391. The molecule has 10 nitrogen and oxygen atoms in total. The van der Waals surface area contributed by atoms with E-state index in [2.05, 4.69) is 5.32 Å². The van der Waals surface area contributed by atoms with Crippen LogP contribution in [0.4, 0.5) is 4.79 Å². The van der Waals surface area contributed by atoms with E-state index in [1.807, 2.05) is 12.1 Å². The zero-order chi connectivity index (χ0) is 23.8. The van der Waals surface area contributed by atoms with Crippen LogP contribution in [0, 0.1) is 0 Å². The first-order chi connectivity index (χ1) is 15.8. The summed E-state index contributed by atoms with van der Waals surface area (Å²) < 4.78 is 15.4. The third kappa shape index (κ3) is 6.98. The highest BCUT2D eigenvalue weighted by molar-refractivity contribution is 5.81. The summed E-state index contributed by atoms with van der Waals surface area (Å²) in [4.78, 5) is 25.0. The average molecular weight is 461 g/mol. The van der Waals surface area contributed by atoms with Crippen LogP contribution in [-0.2, 0) is 32.0 Å². The Labute approximate surface area is 190 Å². The van der Waals surface area contributed by atoms with Crippen LogP contribution >= 0.6 is 0 Å². The van der Waals surface area contributed by atoms with Crippen molar-refractivity contribution in [1.29, 1.82) is 0 Å². The molecule has 1 amide bonds. The van der Waals surface area contributed by atoms with Crippen molar-refractivity contribution >= 4 is 12.1 Å². The topological polar surface area (TPSA) is 155 Å². The number of aliphatic hydroxyl groups is 4. The van der Waals surface area contributed by atoms with E-state index in [0.29, 0.717) is 0 Å². The first kappa shape index (κ1) is 24.6. The van der Waals surface area contributed by atoms with Gasteiger partial charge in [0.1, 0.15) is 43.7 Å². The van der Waals surface area contributed by atoms with Crippen LogP contribution in [0.1, 0.15) is 11.1 Å². The van der Waals surface area contributed by atoms with E-state index < -0.39 is 55.4 Å².